The summed E-state index contributed by atoms with van der Waals surface area (Å²) in [6, 6.07) is -0.0448. The number of alkyl halides is 3. The molecule has 2 aromatic heterocycles. The van der Waals surface area contributed by atoms with Crippen molar-refractivity contribution in [3.63, 3.8) is 0 Å². The Kier molecular flexibility index (Phi) is 3.02. The van der Waals surface area contributed by atoms with Crippen molar-refractivity contribution in [3.8, 4) is 0 Å². The Morgan fingerprint density at radius 2 is 1.85 bits per heavy atom. The van der Waals surface area contributed by atoms with Crippen molar-refractivity contribution in [3.05, 3.63) is 12.0 Å². The van der Waals surface area contributed by atoms with Crippen LogP contribution in [0.25, 0.3) is 11.0 Å². The molecule has 8 heteroatoms. The van der Waals surface area contributed by atoms with Crippen molar-refractivity contribution in [1.82, 2.24) is 19.7 Å². The Labute approximate surface area is 113 Å². The SMILES string of the molecule is Nc1ncnc2c1c(C(F)(F)F)nn2C1CCCCC1. The minimum Gasteiger partial charge on any atom is -0.383 e. The third kappa shape index (κ3) is 2.08. The quantitative estimate of drug-likeness (QED) is 0.874. The van der Waals surface area contributed by atoms with E-state index in [2.05, 4.69) is 15.1 Å². The van der Waals surface area contributed by atoms with Crippen LogP contribution in [0.2, 0.25) is 0 Å². The van der Waals surface area contributed by atoms with E-state index < -0.39 is 11.9 Å². The van der Waals surface area contributed by atoms with Gasteiger partial charge >= 0.3 is 6.18 Å². The first-order valence-corrected chi connectivity index (χ1v) is 6.54. The van der Waals surface area contributed by atoms with Crippen molar-refractivity contribution >= 4 is 16.9 Å². The van der Waals surface area contributed by atoms with Crippen LogP contribution in [0.5, 0.6) is 0 Å². The molecule has 0 amide bonds. The lowest BCUT2D eigenvalue weighted by atomic mass is 9.96. The summed E-state index contributed by atoms with van der Waals surface area (Å²) in [6.45, 7) is 0. The molecule has 2 heterocycles. The van der Waals surface area contributed by atoms with Crippen LogP contribution in [-0.2, 0) is 6.18 Å². The van der Waals surface area contributed by atoms with Gasteiger partial charge in [0.2, 0.25) is 0 Å². The molecule has 1 fully saturated rings. The molecule has 20 heavy (non-hydrogen) atoms. The number of nitrogens with two attached hydrogens (primary N) is 1. The number of hydrogen-bond acceptors (Lipinski definition) is 4. The Hall–Kier alpha value is -1.86. The fourth-order valence-electron chi connectivity index (χ4n) is 2.77. The van der Waals surface area contributed by atoms with E-state index in [0.29, 0.717) is 0 Å². The van der Waals surface area contributed by atoms with E-state index in [1.165, 1.54) is 11.0 Å². The van der Waals surface area contributed by atoms with Gasteiger partial charge in [-0.25, -0.2) is 14.6 Å². The van der Waals surface area contributed by atoms with Gasteiger partial charge in [0.05, 0.1) is 11.4 Å². The number of rotatable bonds is 1. The highest BCUT2D eigenvalue weighted by Crippen LogP contribution is 2.38. The lowest BCUT2D eigenvalue weighted by Gasteiger charge is -2.22. The average Bonchev–Trinajstić information content (AvgIpc) is 2.81. The van der Waals surface area contributed by atoms with E-state index in [4.69, 9.17) is 5.73 Å². The van der Waals surface area contributed by atoms with Crippen molar-refractivity contribution in [2.24, 2.45) is 0 Å². The summed E-state index contributed by atoms with van der Waals surface area (Å²) in [5.74, 6) is -0.176. The smallest absolute Gasteiger partial charge is 0.383 e. The Bertz CT molecular complexity index is 628. The molecule has 0 saturated heterocycles. The van der Waals surface area contributed by atoms with Crippen LogP contribution in [0.4, 0.5) is 19.0 Å². The van der Waals surface area contributed by atoms with E-state index >= 15 is 0 Å². The van der Waals surface area contributed by atoms with E-state index in [1.807, 2.05) is 0 Å². The summed E-state index contributed by atoms with van der Waals surface area (Å²) < 4.78 is 40.7. The zero-order valence-electron chi connectivity index (χ0n) is 10.7. The minimum absolute atomic E-state index is 0.0448. The predicted octanol–water partition coefficient (Wildman–Crippen LogP) is 2.93. The summed E-state index contributed by atoms with van der Waals surface area (Å²) in [6.07, 6.45) is 1.35. The van der Waals surface area contributed by atoms with Gasteiger partial charge in [0.1, 0.15) is 12.1 Å². The summed E-state index contributed by atoms with van der Waals surface area (Å²) in [5.41, 5.74) is 4.78. The van der Waals surface area contributed by atoms with Crippen LogP contribution in [0.1, 0.15) is 43.8 Å². The number of nitrogen functional groups attached to an aromatic ring is 1. The molecule has 1 aliphatic rings. The number of anilines is 1. The molecule has 0 aliphatic heterocycles. The molecule has 2 aromatic rings. The molecule has 5 nitrogen and oxygen atoms in total. The number of hydrogen-bond donors (Lipinski definition) is 1. The highest BCUT2D eigenvalue weighted by atomic mass is 19.4. The van der Waals surface area contributed by atoms with E-state index in [9.17, 15) is 13.2 Å². The van der Waals surface area contributed by atoms with Gasteiger partial charge in [-0.1, -0.05) is 19.3 Å². The molecule has 108 valence electrons. The normalized spacial score (nSPS) is 17.8. The Morgan fingerprint density at radius 3 is 2.50 bits per heavy atom. The third-order valence-electron chi connectivity index (χ3n) is 3.71. The molecule has 1 aliphatic carbocycles. The lowest BCUT2D eigenvalue weighted by molar-refractivity contribution is -0.140. The van der Waals surface area contributed by atoms with Crippen LogP contribution in [0, 0.1) is 0 Å². The molecule has 0 spiro atoms. The van der Waals surface area contributed by atoms with Gasteiger partial charge in [-0.3, -0.25) is 0 Å². The molecular weight excluding hydrogens is 271 g/mol. The molecule has 0 bridgehead atoms. The lowest BCUT2D eigenvalue weighted by Crippen LogP contribution is -2.16. The molecule has 1 saturated carbocycles. The Morgan fingerprint density at radius 1 is 1.15 bits per heavy atom. The number of aromatic nitrogens is 4. The minimum atomic E-state index is -4.56. The maximum absolute atomic E-state index is 13.1. The first-order valence-electron chi connectivity index (χ1n) is 6.54. The Balaban J connectivity index is 2.20. The predicted molar refractivity (Wildman–Crippen MR) is 66.9 cm³/mol. The standard InChI is InChI=1S/C12H14F3N5/c13-12(14,15)9-8-10(16)17-6-18-11(8)20(19-9)7-4-2-1-3-5-7/h6-7H,1-5H2,(H2,16,17,18). The summed E-state index contributed by atoms with van der Waals surface area (Å²) in [4.78, 5) is 7.61. The largest absolute Gasteiger partial charge is 0.435 e. The first kappa shape index (κ1) is 13.1. The molecule has 3 rings (SSSR count). The number of halogens is 3. The van der Waals surface area contributed by atoms with Crippen LogP contribution in [0.3, 0.4) is 0 Å². The zero-order chi connectivity index (χ0) is 14.3. The van der Waals surface area contributed by atoms with Crippen LogP contribution in [0.15, 0.2) is 6.33 Å². The maximum atomic E-state index is 13.1. The van der Waals surface area contributed by atoms with Crippen LogP contribution < -0.4 is 5.73 Å². The molecule has 0 atom stereocenters. The summed E-state index contributed by atoms with van der Waals surface area (Å²) in [5, 5.41) is 3.56. The fraction of sp³-hybridized carbons (Fsp3) is 0.583. The first-order chi connectivity index (χ1) is 9.48. The maximum Gasteiger partial charge on any atom is 0.435 e. The monoisotopic (exact) mass is 285 g/mol. The van der Waals surface area contributed by atoms with Crippen molar-refractivity contribution in [2.45, 2.75) is 44.3 Å². The molecular formula is C12H14F3N5. The van der Waals surface area contributed by atoms with Gasteiger partial charge < -0.3 is 5.73 Å². The highest BCUT2D eigenvalue weighted by molar-refractivity contribution is 5.88. The van der Waals surface area contributed by atoms with Crippen molar-refractivity contribution < 1.29 is 13.2 Å². The summed E-state index contributed by atoms with van der Waals surface area (Å²) >= 11 is 0. The van der Waals surface area contributed by atoms with Gasteiger partial charge in [0.15, 0.2) is 11.3 Å². The van der Waals surface area contributed by atoms with Gasteiger partial charge in [0, 0.05) is 0 Å². The van der Waals surface area contributed by atoms with Crippen LogP contribution >= 0.6 is 0 Å². The van der Waals surface area contributed by atoms with Gasteiger partial charge in [-0.15, -0.1) is 0 Å². The second-order valence-corrected chi connectivity index (χ2v) is 5.04. The summed E-state index contributed by atoms with van der Waals surface area (Å²) in [7, 11) is 0. The van der Waals surface area contributed by atoms with Gasteiger partial charge in [0.25, 0.3) is 0 Å². The fourth-order valence-corrected chi connectivity index (χ4v) is 2.77. The number of nitrogens with zero attached hydrogens (tertiary/aromatic N) is 4. The van der Waals surface area contributed by atoms with E-state index in [0.717, 1.165) is 32.1 Å². The number of fused-ring (bicyclic) bond motifs is 1. The van der Waals surface area contributed by atoms with Crippen LogP contribution in [-0.4, -0.2) is 19.7 Å². The molecule has 0 radical (unpaired) electrons. The third-order valence-corrected chi connectivity index (χ3v) is 3.71. The molecule has 0 aromatic carbocycles. The van der Waals surface area contributed by atoms with Gasteiger partial charge in [-0.2, -0.15) is 18.3 Å². The average molecular weight is 285 g/mol. The highest BCUT2D eigenvalue weighted by Gasteiger charge is 2.39. The zero-order valence-corrected chi connectivity index (χ0v) is 10.7. The second kappa shape index (κ2) is 4.60. The van der Waals surface area contributed by atoms with E-state index in [-0.39, 0.29) is 22.9 Å². The van der Waals surface area contributed by atoms with Gasteiger partial charge in [-0.05, 0) is 12.8 Å². The molecule has 2 N–H and O–H groups in total. The van der Waals surface area contributed by atoms with E-state index in [1.54, 1.807) is 0 Å². The molecule has 0 unspecified atom stereocenters. The van der Waals surface area contributed by atoms with Crippen molar-refractivity contribution in [2.75, 3.05) is 5.73 Å². The topological polar surface area (TPSA) is 69.6 Å². The van der Waals surface area contributed by atoms with Crippen molar-refractivity contribution in [1.29, 1.82) is 0 Å². The second-order valence-electron chi connectivity index (χ2n) is 5.04.